The highest BCUT2D eigenvalue weighted by atomic mass is 35.5. The first-order chi connectivity index (χ1) is 11.5. The van der Waals surface area contributed by atoms with E-state index in [-0.39, 0.29) is 11.6 Å². The van der Waals surface area contributed by atoms with E-state index in [9.17, 15) is 15.2 Å². The Labute approximate surface area is 144 Å². The molecule has 0 saturated carbocycles. The van der Waals surface area contributed by atoms with Gasteiger partial charge in [0.25, 0.3) is 5.69 Å². The maximum atomic E-state index is 11.3. The number of nitro benzene ring substituents is 1. The summed E-state index contributed by atoms with van der Waals surface area (Å²) in [6.07, 6.45) is 4.35. The highest BCUT2D eigenvalue weighted by molar-refractivity contribution is 6.30. The quantitative estimate of drug-likeness (QED) is 0.677. The van der Waals surface area contributed by atoms with Crippen LogP contribution in [0.15, 0.2) is 30.6 Å². The van der Waals surface area contributed by atoms with Crippen LogP contribution in [0.4, 0.5) is 11.4 Å². The molecule has 0 amide bonds. The molecular weight excluding hydrogens is 332 g/mol. The van der Waals surface area contributed by atoms with Gasteiger partial charge in [0.1, 0.15) is 17.6 Å². The van der Waals surface area contributed by atoms with Crippen molar-refractivity contribution in [2.45, 2.75) is 18.9 Å². The molecule has 1 aliphatic heterocycles. The van der Waals surface area contributed by atoms with Crippen molar-refractivity contribution in [1.82, 2.24) is 9.55 Å². The number of aryl methyl sites for hydroxylation is 1. The van der Waals surface area contributed by atoms with Crippen LogP contribution in [0.5, 0.6) is 0 Å². The third-order valence-electron chi connectivity index (χ3n) is 4.58. The molecule has 24 heavy (non-hydrogen) atoms. The van der Waals surface area contributed by atoms with Gasteiger partial charge in [-0.3, -0.25) is 10.1 Å². The van der Waals surface area contributed by atoms with Crippen molar-refractivity contribution in [3.63, 3.8) is 0 Å². The molecule has 2 aromatic rings. The summed E-state index contributed by atoms with van der Waals surface area (Å²) in [6, 6.07) is 4.74. The first-order valence-corrected chi connectivity index (χ1v) is 8.19. The number of benzene rings is 1. The summed E-state index contributed by atoms with van der Waals surface area (Å²) in [5.74, 6) is 0.750. The molecule has 1 aliphatic rings. The van der Waals surface area contributed by atoms with Crippen LogP contribution < -0.4 is 4.90 Å². The van der Waals surface area contributed by atoms with E-state index >= 15 is 0 Å². The van der Waals surface area contributed by atoms with E-state index < -0.39 is 11.0 Å². The van der Waals surface area contributed by atoms with Crippen LogP contribution in [0.25, 0.3) is 0 Å². The number of nitro groups is 1. The summed E-state index contributed by atoms with van der Waals surface area (Å²) in [7, 11) is 1.86. The first-order valence-electron chi connectivity index (χ1n) is 7.81. The van der Waals surface area contributed by atoms with Gasteiger partial charge in [-0.1, -0.05) is 11.6 Å². The van der Waals surface area contributed by atoms with Gasteiger partial charge in [-0.25, -0.2) is 4.98 Å². The molecular formula is C16H19ClN4O3. The Balaban J connectivity index is 1.72. The number of hydrogen-bond donors (Lipinski definition) is 1. The van der Waals surface area contributed by atoms with Crippen LogP contribution in [0.1, 0.15) is 24.8 Å². The molecule has 128 valence electrons. The molecule has 7 nitrogen and oxygen atoms in total. The second-order valence-corrected chi connectivity index (χ2v) is 6.49. The van der Waals surface area contributed by atoms with E-state index in [1.165, 1.54) is 6.07 Å². The van der Waals surface area contributed by atoms with Crippen molar-refractivity contribution in [1.29, 1.82) is 0 Å². The van der Waals surface area contributed by atoms with Crippen molar-refractivity contribution >= 4 is 23.0 Å². The smallest absolute Gasteiger partial charge is 0.294 e. The lowest BCUT2D eigenvalue weighted by Gasteiger charge is -2.35. The predicted molar refractivity (Wildman–Crippen MR) is 91.2 cm³/mol. The number of aliphatic hydroxyl groups is 1. The summed E-state index contributed by atoms with van der Waals surface area (Å²) >= 11 is 5.87. The molecule has 1 N–H and O–H groups in total. The van der Waals surface area contributed by atoms with Crippen molar-refractivity contribution in [2.75, 3.05) is 18.0 Å². The Morgan fingerprint density at radius 2 is 2.12 bits per heavy atom. The number of halogens is 1. The minimum atomic E-state index is -0.618. The zero-order valence-electron chi connectivity index (χ0n) is 13.3. The molecule has 1 fully saturated rings. The van der Waals surface area contributed by atoms with E-state index in [0.717, 1.165) is 12.8 Å². The van der Waals surface area contributed by atoms with E-state index in [0.29, 0.717) is 29.6 Å². The second kappa shape index (κ2) is 6.78. The van der Waals surface area contributed by atoms with Gasteiger partial charge in [-0.05, 0) is 30.9 Å². The Morgan fingerprint density at radius 1 is 1.42 bits per heavy atom. The molecule has 3 rings (SSSR count). The van der Waals surface area contributed by atoms with Gasteiger partial charge < -0.3 is 14.6 Å². The van der Waals surface area contributed by atoms with E-state index in [1.54, 1.807) is 18.3 Å². The molecule has 1 saturated heterocycles. The average Bonchev–Trinajstić information content (AvgIpc) is 3.00. The van der Waals surface area contributed by atoms with Gasteiger partial charge in [-0.2, -0.15) is 0 Å². The van der Waals surface area contributed by atoms with Crippen LogP contribution in [-0.2, 0) is 7.05 Å². The van der Waals surface area contributed by atoms with Crippen LogP contribution in [0.3, 0.4) is 0 Å². The number of aromatic nitrogens is 2. The Hall–Kier alpha value is -2.12. The maximum Gasteiger partial charge on any atom is 0.294 e. The Kier molecular flexibility index (Phi) is 4.73. The average molecular weight is 351 g/mol. The lowest BCUT2D eigenvalue weighted by atomic mass is 9.90. The van der Waals surface area contributed by atoms with E-state index in [2.05, 4.69) is 4.98 Å². The van der Waals surface area contributed by atoms with Crippen molar-refractivity contribution in [2.24, 2.45) is 13.0 Å². The summed E-state index contributed by atoms with van der Waals surface area (Å²) in [4.78, 5) is 17.0. The number of aliphatic hydroxyl groups excluding tert-OH is 1. The van der Waals surface area contributed by atoms with Crippen LogP contribution in [0.2, 0.25) is 5.02 Å². The zero-order chi connectivity index (χ0) is 17.3. The third-order valence-corrected chi connectivity index (χ3v) is 4.82. The Bertz CT molecular complexity index is 741. The molecule has 1 aromatic carbocycles. The van der Waals surface area contributed by atoms with Crippen LogP contribution in [-0.4, -0.2) is 32.7 Å². The van der Waals surface area contributed by atoms with Gasteiger partial charge in [0.15, 0.2) is 0 Å². The maximum absolute atomic E-state index is 11.3. The highest BCUT2D eigenvalue weighted by Crippen LogP contribution is 2.36. The predicted octanol–water partition coefficient (Wildman–Crippen LogP) is 2.93. The number of hydrogen-bond acceptors (Lipinski definition) is 5. The van der Waals surface area contributed by atoms with Gasteiger partial charge in [0.05, 0.1) is 4.92 Å². The number of piperidine rings is 1. The normalized spacial score (nSPS) is 17.0. The Morgan fingerprint density at radius 3 is 2.71 bits per heavy atom. The number of rotatable bonds is 4. The van der Waals surface area contributed by atoms with Crippen molar-refractivity contribution in [3.05, 3.63) is 51.6 Å². The summed E-state index contributed by atoms with van der Waals surface area (Å²) in [6.45, 7) is 1.29. The fourth-order valence-electron chi connectivity index (χ4n) is 3.24. The molecule has 1 atom stereocenters. The standard InChI is InChI=1S/C16H19ClN4O3/c1-19-9-6-18-16(19)15(22)11-4-7-20(8-5-11)13-3-2-12(17)10-14(13)21(23)24/h2-3,6,9-11,15,22H,4-5,7-8H2,1H3. The third kappa shape index (κ3) is 3.22. The molecule has 0 spiro atoms. The molecule has 2 heterocycles. The van der Waals surface area contributed by atoms with E-state index in [4.69, 9.17) is 11.6 Å². The minimum absolute atomic E-state index is 0.0191. The van der Waals surface area contributed by atoms with Crippen molar-refractivity contribution in [3.8, 4) is 0 Å². The van der Waals surface area contributed by atoms with Crippen molar-refractivity contribution < 1.29 is 10.0 Å². The van der Waals surface area contributed by atoms with E-state index in [1.807, 2.05) is 22.7 Å². The van der Waals surface area contributed by atoms with Gasteiger partial charge in [0.2, 0.25) is 0 Å². The lowest BCUT2D eigenvalue weighted by Crippen LogP contribution is -2.36. The number of anilines is 1. The molecule has 0 aliphatic carbocycles. The fraction of sp³-hybridized carbons (Fsp3) is 0.438. The summed E-state index contributed by atoms with van der Waals surface area (Å²) < 4.78 is 1.82. The molecule has 1 unspecified atom stereocenters. The number of imidazole rings is 1. The van der Waals surface area contributed by atoms with Crippen LogP contribution in [0, 0.1) is 16.0 Å². The van der Waals surface area contributed by atoms with Gasteiger partial charge >= 0.3 is 0 Å². The fourth-order valence-corrected chi connectivity index (χ4v) is 3.41. The monoisotopic (exact) mass is 350 g/mol. The molecule has 1 aromatic heterocycles. The highest BCUT2D eigenvalue weighted by Gasteiger charge is 2.30. The first kappa shape index (κ1) is 16.7. The number of nitrogens with zero attached hydrogens (tertiary/aromatic N) is 4. The summed E-state index contributed by atoms with van der Waals surface area (Å²) in [5.41, 5.74) is 0.597. The molecule has 0 radical (unpaired) electrons. The zero-order valence-corrected chi connectivity index (χ0v) is 14.1. The minimum Gasteiger partial charge on any atom is -0.385 e. The summed E-state index contributed by atoms with van der Waals surface area (Å²) in [5, 5.41) is 22.1. The molecule has 0 bridgehead atoms. The van der Waals surface area contributed by atoms with Gasteiger partial charge in [-0.15, -0.1) is 0 Å². The van der Waals surface area contributed by atoms with Crippen LogP contribution >= 0.6 is 11.6 Å². The second-order valence-electron chi connectivity index (χ2n) is 6.06. The van der Waals surface area contributed by atoms with Gasteiger partial charge in [0, 0.05) is 43.6 Å². The molecule has 8 heteroatoms. The lowest BCUT2D eigenvalue weighted by molar-refractivity contribution is -0.384. The SMILES string of the molecule is Cn1ccnc1C(O)C1CCN(c2ccc(Cl)cc2[N+](=O)[O-])CC1. The largest absolute Gasteiger partial charge is 0.385 e. The topological polar surface area (TPSA) is 84.4 Å².